The van der Waals surface area contributed by atoms with Crippen LogP contribution in [0, 0.1) is 5.92 Å². The number of carboxylic acid groups (broad SMARTS) is 1. The van der Waals surface area contributed by atoms with Crippen LogP contribution in [-0.2, 0) is 9.59 Å². The summed E-state index contributed by atoms with van der Waals surface area (Å²) in [5, 5.41) is 11.6. The van der Waals surface area contributed by atoms with Crippen molar-refractivity contribution < 1.29 is 43.2 Å². The zero-order valence-corrected chi connectivity index (χ0v) is 20.0. The fraction of sp³-hybridized carbons (Fsp3) is 0.320. The van der Waals surface area contributed by atoms with Gasteiger partial charge in [0.1, 0.15) is 17.5 Å². The van der Waals surface area contributed by atoms with Crippen molar-refractivity contribution in [3.05, 3.63) is 47.2 Å². The van der Waals surface area contributed by atoms with Crippen molar-refractivity contribution in [3.63, 3.8) is 0 Å². The van der Waals surface area contributed by atoms with E-state index in [-0.39, 0.29) is 29.0 Å². The van der Waals surface area contributed by atoms with E-state index >= 15 is 0 Å². The maximum absolute atomic E-state index is 12.8. The molecular weight excluding hydrogens is 458 g/mol. The number of aliphatic carboxylic acids is 1. The first kappa shape index (κ1) is 25.4. The largest absolute Gasteiger partial charge is 0.493 e. The van der Waals surface area contributed by atoms with Gasteiger partial charge in [0.2, 0.25) is 11.5 Å². The average Bonchev–Trinajstić information content (AvgIpc) is 3.14. The van der Waals surface area contributed by atoms with Crippen LogP contribution in [0.5, 0.6) is 28.7 Å². The minimum absolute atomic E-state index is 0.0883. The molecule has 1 atom stereocenters. The van der Waals surface area contributed by atoms with Crippen LogP contribution in [-0.4, -0.2) is 56.7 Å². The highest BCUT2D eigenvalue weighted by atomic mass is 16.5. The van der Waals surface area contributed by atoms with Gasteiger partial charge >= 0.3 is 5.97 Å². The zero-order chi connectivity index (χ0) is 25.7. The maximum atomic E-state index is 12.8. The number of methoxy groups -OCH3 is 3. The number of amides is 1. The Morgan fingerprint density at radius 2 is 1.71 bits per heavy atom. The smallest absolute Gasteiger partial charge is 0.326 e. The lowest BCUT2D eigenvalue weighted by Crippen LogP contribution is -2.46. The van der Waals surface area contributed by atoms with Crippen molar-refractivity contribution in [2.45, 2.75) is 19.9 Å². The molecule has 1 aliphatic rings. The fourth-order valence-corrected chi connectivity index (χ4v) is 3.47. The van der Waals surface area contributed by atoms with Crippen molar-refractivity contribution in [3.8, 4) is 28.7 Å². The third-order valence-electron chi connectivity index (χ3n) is 5.25. The lowest BCUT2D eigenvalue weighted by Gasteiger charge is -2.18. The van der Waals surface area contributed by atoms with E-state index in [0.29, 0.717) is 28.4 Å². The number of carbonyl (C=O) groups is 3. The first-order chi connectivity index (χ1) is 16.7. The molecule has 0 saturated carbocycles. The molecule has 0 unspecified atom stereocenters. The number of ketones is 1. The lowest BCUT2D eigenvalue weighted by atomic mass is 10.1. The summed E-state index contributed by atoms with van der Waals surface area (Å²) in [6.45, 7) is 2.99. The number of carbonyl (C=O) groups excluding carboxylic acids is 2. The minimum Gasteiger partial charge on any atom is -0.493 e. The van der Waals surface area contributed by atoms with E-state index in [2.05, 4.69) is 5.32 Å². The highest BCUT2D eigenvalue weighted by molar-refractivity contribution is 6.14. The van der Waals surface area contributed by atoms with E-state index in [1.165, 1.54) is 39.5 Å². The number of carboxylic acids is 1. The second kappa shape index (κ2) is 10.8. The molecule has 2 N–H and O–H groups in total. The number of benzene rings is 2. The Balaban J connectivity index is 1.74. The van der Waals surface area contributed by atoms with Crippen LogP contribution in [0.4, 0.5) is 0 Å². The van der Waals surface area contributed by atoms with Gasteiger partial charge in [-0.2, -0.15) is 0 Å². The maximum Gasteiger partial charge on any atom is 0.326 e. The lowest BCUT2D eigenvalue weighted by molar-refractivity contribution is -0.143. The van der Waals surface area contributed by atoms with Gasteiger partial charge in [-0.3, -0.25) is 9.59 Å². The molecule has 10 heteroatoms. The van der Waals surface area contributed by atoms with Crippen molar-refractivity contribution in [2.75, 3.05) is 27.9 Å². The summed E-state index contributed by atoms with van der Waals surface area (Å²) in [5.41, 5.74) is 0.938. The van der Waals surface area contributed by atoms with E-state index in [4.69, 9.17) is 23.7 Å². The molecular formula is C25H27NO9. The highest BCUT2D eigenvalue weighted by Crippen LogP contribution is 2.40. The molecule has 0 aromatic heterocycles. The summed E-state index contributed by atoms with van der Waals surface area (Å²) in [5.74, 6) is -0.369. The summed E-state index contributed by atoms with van der Waals surface area (Å²) in [6, 6.07) is 6.91. The third kappa shape index (κ3) is 5.65. The number of hydrogen-bond acceptors (Lipinski definition) is 8. The predicted molar refractivity (Wildman–Crippen MR) is 125 cm³/mol. The van der Waals surface area contributed by atoms with Gasteiger partial charge in [-0.15, -0.1) is 0 Å². The van der Waals surface area contributed by atoms with Crippen LogP contribution in [0.2, 0.25) is 0 Å². The van der Waals surface area contributed by atoms with Gasteiger partial charge in [-0.25, -0.2) is 4.79 Å². The quantitative estimate of drug-likeness (QED) is 0.488. The second-order valence-electron chi connectivity index (χ2n) is 7.97. The standard InChI is InChI=1S/C25H27NO9/c1-13(2)22(25(29)30)26-21(27)12-34-15-6-7-16-17(11-15)35-18(23(16)28)8-14-9-19(31-3)24(33-5)20(10-14)32-4/h6-11,13,22H,12H2,1-5H3,(H,26,27)(H,29,30)/t22-/m0/s1. The van der Waals surface area contributed by atoms with Crippen LogP contribution in [0.3, 0.4) is 0 Å². The number of Topliss-reactive ketones (excluding diaryl/α,β-unsaturated/α-hetero) is 1. The molecule has 0 bridgehead atoms. The molecule has 3 rings (SSSR count). The third-order valence-corrected chi connectivity index (χ3v) is 5.25. The molecule has 35 heavy (non-hydrogen) atoms. The minimum atomic E-state index is -1.12. The Hall–Kier alpha value is -4.21. The molecule has 0 radical (unpaired) electrons. The zero-order valence-electron chi connectivity index (χ0n) is 20.0. The molecule has 0 saturated heterocycles. The Morgan fingerprint density at radius 1 is 1.06 bits per heavy atom. The average molecular weight is 485 g/mol. The Bertz CT molecular complexity index is 1140. The second-order valence-corrected chi connectivity index (χ2v) is 7.97. The number of hydrogen-bond donors (Lipinski definition) is 2. The van der Waals surface area contributed by atoms with Gasteiger partial charge in [0.15, 0.2) is 23.9 Å². The van der Waals surface area contributed by atoms with Crippen LogP contribution >= 0.6 is 0 Å². The monoisotopic (exact) mass is 485 g/mol. The van der Waals surface area contributed by atoms with E-state index in [0.717, 1.165) is 0 Å². The number of allylic oxidation sites excluding steroid dienone is 1. The van der Waals surface area contributed by atoms with Gasteiger partial charge in [-0.05, 0) is 41.8 Å². The summed E-state index contributed by atoms with van der Waals surface area (Å²) in [6.07, 6.45) is 1.55. The summed E-state index contributed by atoms with van der Waals surface area (Å²) in [4.78, 5) is 36.2. The first-order valence-corrected chi connectivity index (χ1v) is 10.7. The Labute approximate surface area is 202 Å². The van der Waals surface area contributed by atoms with Crippen LogP contribution in [0.1, 0.15) is 29.8 Å². The van der Waals surface area contributed by atoms with Gasteiger partial charge < -0.3 is 34.1 Å². The molecule has 2 aromatic carbocycles. The summed E-state index contributed by atoms with van der Waals surface area (Å²) in [7, 11) is 4.48. The van der Waals surface area contributed by atoms with Crippen molar-refractivity contribution >= 4 is 23.7 Å². The van der Waals surface area contributed by atoms with Gasteiger partial charge in [0.25, 0.3) is 5.91 Å². The van der Waals surface area contributed by atoms with Crippen molar-refractivity contribution in [1.29, 1.82) is 0 Å². The van der Waals surface area contributed by atoms with E-state index in [9.17, 15) is 19.5 Å². The van der Waals surface area contributed by atoms with E-state index < -0.39 is 24.5 Å². The molecule has 0 spiro atoms. The SMILES string of the molecule is COc1cc(C=C2Oc3cc(OCC(=O)N[C@H](C(=O)O)C(C)C)ccc3C2=O)cc(OC)c1OC. The molecule has 1 heterocycles. The molecule has 1 aliphatic heterocycles. The molecule has 0 aliphatic carbocycles. The molecule has 1 amide bonds. The molecule has 0 fully saturated rings. The van der Waals surface area contributed by atoms with E-state index in [1.54, 1.807) is 32.1 Å². The fourth-order valence-electron chi connectivity index (χ4n) is 3.47. The number of nitrogens with one attached hydrogen (secondary N) is 1. The number of fused-ring (bicyclic) bond motifs is 1. The van der Waals surface area contributed by atoms with Gasteiger partial charge in [0.05, 0.1) is 26.9 Å². The topological polar surface area (TPSA) is 130 Å². The Kier molecular flexibility index (Phi) is 7.85. The van der Waals surface area contributed by atoms with Crippen LogP contribution in [0.15, 0.2) is 36.1 Å². The first-order valence-electron chi connectivity index (χ1n) is 10.7. The summed E-state index contributed by atoms with van der Waals surface area (Å²) < 4.78 is 27.2. The van der Waals surface area contributed by atoms with Crippen molar-refractivity contribution in [1.82, 2.24) is 5.32 Å². The normalized spacial score (nSPS) is 14.2. The Morgan fingerprint density at radius 3 is 2.26 bits per heavy atom. The van der Waals surface area contributed by atoms with Crippen LogP contribution in [0.25, 0.3) is 6.08 Å². The number of rotatable bonds is 10. The van der Waals surface area contributed by atoms with Crippen molar-refractivity contribution in [2.24, 2.45) is 5.92 Å². The van der Waals surface area contributed by atoms with E-state index in [1.807, 2.05) is 0 Å². The van der Waals surface area contributed by atoms with Gasteiger partial charge in [-0.1, -0.05) is 13.8 Å². The highest BCUT2D eigenvalue weighted by Gasteiger charge is 2.28. The summed E-state index contributed by atoms with van der Waals surface area (Å²) >= 11 is 0. The predicted octanol–water partition coefficient (Wildman–Crippen LogP) is 2.93. The molecule has 186 valence electrons. The number of ether oxygens (including phenoxy) is 5. The molecule has 2 aromatic rings. The van der Waals surface area contributed by atoms with Gasteiger partial charge in [0, 0.05) is 6.07 Å². The van der Waals surface area contributed by atoms with Crippen LogP contribution < -0.4 is 29.0 Å². The molecule has 10 nitrogen and oxygen atoms in total.